The summed E-state index contributed by atoms with van der Waals surface area (Å²) in [4.78, 5) is 28.2. The Kier molecular flexibility index (Phi) is 5.34. The van der Waals surface area contributed by atoms with Crippen LogP contribution in [-0.2, 0) is 9.53 Å². The summed E-state index contributed by atoms with van der Waals surface area (Å²) >= 11 is 3.38. The zero-order valence-electron chi connectivity index (χ0n) is 14.0. The minimum absolute atomic E-state index is 0.0873. The number of likely N-dealkylation sites (tertiary alicyclic amines) is 1. The fourth-order valence-corrected chi connectivity index (χ4v) is 2.84. The highest BCUT2D eigenvalue weighted by molar-refractivity contribution is 9.10. The molecule has 1 aromatic carbocycles. The van der Waals surface area contributed by atoms with Crippen LogP contribution in [0.2, 0.25) is 0 Å². The van der Waals surface area contributed by atoms with Crippen LogP contribution >= 0.6 is 15.9 Å². The molecule has 1 fully saturated rings. The highest BCUT2D eigenvalue weighted by Crippen LogP contribution is 2.25. The summed E-state index contributed by atoms with van der Waals surface area (Å²) in [6.07, 6.45) is 1.06. The van der Waals surface area contributed by atoms with E-state index in [1.165, 1.54) is 0 Å². The normalized spacial score (nSPS) is 18.0. The van der Waals surface area contributed by atoms with Gasteiger partial charge in [-0.05, 0) is 57.9 Å². The second-order valence-corrected chi connectivity index (χ2v) is 7.62. The van der Waals surface area contributed by atoms with Gasteiger partial charge in [-0.3, -0.25) is 9.69 Å². The molecule has 0 N–H and O–H groups in total. The maximum atomic E-state index is 12.8. The van der Waals surface area contributed by atoms with Gasteiger partial charge in [0.15, 0.2) is 0 Å². The fourth-order valence-electron chi connectivity index (χ4n) is 2.58. The molecule has 1 unspecified atom stereocenters. The summed E-state index contributed by atoms with van der Waals surface area (Å²) < 4.78 is 6.37. The molecule has 0 bridgehead atoms. The standard InChI is InChI=1S/C17H23BrN2O3/c1-17(2,3)23-16(22)20-11-5-6-14(20)15(21)19(4)13-9-7-12(18)8-10-13/h7-10,14H,5-6,11H2,1-4H3. The van der Waals surface area contributed by atoms with Gasteiger partial charge in [0.2, 0.25) is 5.91 Å². The third-order valence-corrected chi connectivity index (χ3v) is 4.24. The highest BCUT2D eigenvalue weighted by Gasteiger charge is 2.38. The Bertz CT molecular complexity index is 580. The van der Waals surface area contributed by atoms with E-state index in [0.29, 0.717) is 13.0 Å². The van der Waals surface area contributed by atoms with E-state index in [2.05, 4.69) is 15.9 Å². The highest BCUT2D eigenvalue weighted by atomic mass is 79.9. The minimum atomic E-state index is -0.565. The average Bonchev–Trinajstić information content (AvgIpc) is 2.94. The fraction of sp³-hybridized carbons (Fsp3) is 0.529. The van der Waals surface area contributed by atoms with Crippen molar-refractivity contribution in [1.82, 2.24) is 4.90 Å². The average molecular weight is 383 g/mol. The number of carbonyl (C=O) groups excluding carboxylic acids is 2. The Balaban J connectivity index is 2.11. The number of halogens is 1. The Morgan fingerprint density at radius 1 is 1.26 bits per heavy atom. The predicted molar refractivity (Wildman–Crippen MR) is 93.5 cm³/mol. The lowest BCUT2D eigenvalue weighted by Crippen LogP contribution is -2.48. The van der Waals surface area contributed by atoms with Gasteiger partial charge in [-0.25, -0.2) is 4.79 Å². The number of anilines is 1. The maximum absolute atomic E-state index is 12.8. The van der Waals surface area contributed by atoms with Gasteiger partial charge >= 0.3 is 6.09 Å². The molecular formula is C17H23BrN2O3. The van der Waals surface area contributed by atoms with Crippen molar-refractivity contribution in [3.05, 3.63) is 28.7 Å². The first-order valence-corrected chi connectivity index (χ1v) is 8.51. The molecule has 1 aliphatic heterocycles. The van der Waals surface area contributed by atoms with E-state index in [1.54, 1.807) is 16.8 Å². The van der Waals surface area contributed by atoms with Crippen molar-refractivity contribution in [3.63, 3.8) is 0 Å². The number of carbonyl (C=O) groups is 2. The first-order valence-electron chi connectivity index (χ1n) is 7.72. The van der Waals surface area contributed by atoms with Gasteiger partial charge in [0.25, 0.3) is 0 Å². The predicted octanol–water partition coefficient (Wildman–Crippen LogP) is 3.81. The van der Waals surface area contributed by atoms with Gasteiger partial charge in [-0.1, -0.05) is 15.9 Å². The van der Waals surface area contributed by atoms with Gasteiger partial charge in [0, 0.05) is 23.8 Å². The molecule has 0 radical (unpaired) electrons. The van der Waals surface area contributed by atoms with Crippen molar-refractivity contribution in [2.75, 3.05) is 18.5 Å². The molecule has 0 spiro atoms. The summed E-state index contributed by atoms with van der Waals surface area (Å²) in [6, 6.07) is 7.06. The second kappa shape index (κ2) is 6.91. The van der Waals surface area contributed by atoms with Crippen molar-refractivity contribution >= 4 is 33.6 Å². The number of rotatable bonds is 2. The van der Waals surface area contributed by atoms with Crippen molar-refractivity contribution in [2.24, 2.45) is 0 Å². The molecule has 5 nitrogen and oxygen atoms in total. The van der Waals surface area contributed by atoms with E-state index >= 15 is 0 Å². The Morgan fingerprint density at radius 2 is 1.87 bits per heavy atom. The first kappa shape index (κ1) is 17.8. The number of amides is 2. The molecule has 0 aromatic heterocycles. The second-order valence-electron chi connectivity index (χ2n) is 6.71. The maximum Gasteiger partial charge on any atom is 0.410 e. The van der Waals surface area contributed by atoms with Gasteiger partial charge < -0.3 is 9.64 Å². The van der Waals surface area contributed by atoms with Crippen LogP contribution in [0.5, 0.6) is 0 Å². The summed E-state index contributed by atoms with van der Waals surface area (Å²) in [7, 11) is 1.73. The van der Waals surface area contributed by atoms with Gasteiger partial charge in [-0.15, -0.1) is 0 Å². The van der Waals surface area contributed by atoms with Crippen LogP contribution in [0.15, 0.2) is 28.7 Å². The van der Waals surface area contributed by atoms with Crippen molar-refractivity contribution in [2.45, 2.75) is 45.3 Å². The number of nitrogens with zero attached hydrogens (tertiary/aromatic N) is 2. The molecule has 2 amide bonds. The third-order valence-electron chi connectivity index (χ3n) is 3.71. The lowest BCUT2D eigenvalue weighted by Gasteiger charge is -2.30. The number of ether oxygens (including phenoxy) is 1. The molecule has 2 rings (SSSR count). The molecule has 1 atom stereocenters. The molecule has 1 saturated heterocycles. The van der Waals surface area contributed by atoms with Crippen LogP contribution in [0.3, 0.4) is 0 Å². The monoisotopic (exact) mass is 382 g/mol. The van der Waals surface area contributed by atoms with Gasteiger partial charge in [0.1, 0.15) is 11.6 Å². The largest absolute Gasteiger partial charge is 0.444 e. The molecular weight excluding hydrogens is 360 g/mol. The minimum Gasteiger partial charge on any atom is -0.444 e. The van der Waals surface area contributed by atoms with E-state index in [0.717, 1.165) is 16.6 Å². The van der Waals surface area contributed by atoms with Gasteiger partial charge in [0.05, 0.1) is 0 Å². The molecule has 126 valence electrons. The summed E-state index contributed by atoms with van der Waals surface area (Å²) in [6.45, 7) is 6.03. The SMILES string of the molecule is CN(C(=O)C1CCCN1C(=O)OC(C)(C)C)c1ccc(Br)cc1. The third kappa shape index (κ3) is 4.47. The van der Waals surface area contributed by atoms with Crippen LogP contribution in [0.1, 0.15) is 33.6 Å². The summed E-state index contributed by atoms with van der Waals surface area (Å²) in [5, 5.41) is 0. The van der Waals surface area contributed by atoms with Crippen molar-refractivity contribution < 1.29 is 14.3 Å². The smallest absolute Gasteiger partial charge is 0.410 e. The molecule has 0 aliphatic carbocycles. The number of hydrogen-bond donors (Lipinski definition) is 0. The summed E-state index contributed by atoms with van der Waals surface area (Å²) in [5.41, 5.74) is 0.236. The first-order chi connectivity index (χ1) is 10.7. The van der Waals surface area contributed by atoms with E-state index in [9.17, 15) is 9.59 Å². The van der Waals surface area contributed by atoms with Crippen LogP contribution in [0, 0.1) is 0 Å². The van der Waals surface area contributed by atoms with Crippen LogP contribution in [0.4, 0.5) is 10.5 Å². The van der Waals surface area contributed by atoms with E-state index in [-0.39, 0.29) is 5.91 Å². The zero-order chi connectivity index (χ0) is 17.2. The van der Waals surface area contributed by atoms with Crippen LogP contribution in [-0.4, -0.2) is 42.1 Å². The Morgan fingerprint density at radius 3 is 2.43 bits per heavy atom. The lowest BCUT2D eigenvalue weighted by atomic mass is 10.2. The number of likely N-dealkylation sites (N-methyl/N-ethyl adjacent to an activating group) is 1. The molecule has 23 heavy (non-hydrogen) atoms. The van der Waals surface area contributed by atoms with Crippen LogP contribution in [0.25, 0.3) is 0 Å². The topological polar surface area (TPSA) is 49.9 Å². The summed E-state index contributed by atoms with van der Waals surface area (Å²) in [5.74, 6) is -0.0873. The Labute approximate surface area is 145 Å². The lowest BCUT2D eigenvalue weighted by molar-refractivity contribution is -0.122. The Hall–Kier alpha value is -1.56. The molecule has 1 aliphatic rings. The van der Waals surface area contributed by atoms with Crippen molar-refractivity contribution in [1.29, 1.82) is 0 Å². The van der Waals surface area contributed by atoms with Crippen LogP contribution < -0.4 is 4.90 Å². The number of hydrogen-bond acceptors (Lipinski definition) is 3. The zero-order valence-corrected chi connectivity index (χ0v) is 15.6. The van der Waals surface area contributed by atoms with E-state index in [1.807, 2.05) is 45.0 Å². The van der Waals surface area contributed by atoms with Gasteiger partial charge in [-0.2, -0.15) is 0 Å². The van der Waals surface area contributed by atoms with E-state index in [4.69, 9.17) is 4.74 Å². The molecule has 6 heteroatoms. The molecule has 1 aromatic rings. The van der Waals surface area contributed by atoms with Crippen molar-refractivity contribution in [3.8, 4) is 0 Å². The quantitative estimate of drug-likeness (QED) is 0.781. The molecule has 1 heterocycles. The number of benzene rings is 1. The van der Waals surface area contributed by atoms with E-state index < -0.39 is 17.7 Å². The molecule has 0 saturated carbocycles.